The van der Waals surface area contributed by atoms with Crippen molar-refractivity contribution in [2.24, 2.45) is 0 Å². The molecule has 11 heteroatoms. The van der Waals surface area contributed by atoms with Crippen molar-refractivity contribution in [1.29, 1.82) is 0 Å². The van der Waals surface area contributed by atoms with Gasteiger partial charge in [0.2, 0.25) is 0 Å². The number of aromatic nitrogens is 2. The van der Waals surface area contributed by atoms with Crippen LogP contribution in [0.1, 0.15) is 67.2 Å². The Morgan fingerprint density at radius 2 is 1.30 bits per heavy atom. The van der Waals surface area contributed by atoms with Crippen LogP contribution in [-0.4, -0.2) is 50.2 Å². The number of nitrogens with zero attached hydrogens (tertiary/aromatic N) is 2. The molecule has 0 amide bonds. The minimum absolute atomic E-state index is 0.114. The molecule has 0 atom stereocenters. The van der Waals surface area contributed by atoms with E-state index in [2.05, 4.69) is 57.8 Å². The first-order valence-corrected chi connectivity index (χ1v) is 14.4. The van der Waals surface area contributed by atoms with Gasteiger partial charge in [-0.05, 0) is 111 Å². The number of carbonyl (C=O) groups is 2. The van der Waals surface area contributed by atoms with E-state index in [1.807, 2.05) is 53.7 Å². The van der Waals surface area contributed by atoms with Gasteiger partial charge in [0.05, 0.1) is 19.0 Å². The lowest BCUT2D eigenvalue weighted by Crippen LogP contribution is -2.23. The maximum absolute atomic E-state index is 11.4. The Kier molecular flexibility index (Phi) is 17.7. The summed E-state index contributed by atoms with van der Waals surface area (Å²) in [6.45, 7) is 11.7. The van der Waals surface area contributed by atoms with Crippen LogP contribution in [0.3, 0.4) is 0 Å². The summed E-state index contributed by atoms with van der Waals surface area (Å²) in [6.07, 6.45) is 5.35. The first-order chi connectivity index (χ1) is 17.1. The molecule has 2 aromatic rings. The van der Waals surface area contributed by atoms with Gasteiger partial charge in [-0.25, -0.2) is 9.97 Å². The molecular formula is C26H37Br3N2O6. The van der Waals surface area contributed by atoms with Crippen LogP contribution in [0.25, 0.3) is 0 Å². The highest BCUT2D eigenvalue weighted by molar-refractivity contribution is 9.10. The van der Waals surface area contributed by atoms with Crippen molar-refractivity contribution in [2.75, 3.05) is 11.9 Å². The second-order valence-corrected chi connectivity index (χ2v) is 12.0. The zero-order valence-corrected chi connectivity index (χ0v) is 27.0. The second kappa shape index (κ2) is 18.5. The van der Waals surface area contributed by atoms with Gasteiger partial charge in [-0.2, -0.15) is 0 Å². The third-order valence-corrected chi connectivity index (χ3v) is 5.06. The Balaban J connectivity index is 0.000000579. The Labute approximate surface area is 245 Å². The van der Waals surface area contributed by atoms with Crippen molar-refractivity contribution in [1.82, 2.24) is 9.97 Å². The van der Waals surface area contributed by atoms with Gasteiger partial charge in [-0.3, -0.25) is 9.59 Å². The van der Waals surface area contributed by atoms with Crippen LogP contribution in [0.5, 0.6) is 11.5 Å². The molecule has 0 saturated heterocycles. The molecule has 0 aromatic carbocycles. The molecular weight excluding hydrogens is 676 g/mol. The number of rotatable bonds is 8. The van der Waals surface area contributed by atoms with E-state index in [1.54, 1.807) is 18.3 Å². The molecule has 0 radical (unpaired) electrons. The molecule has 1 N–H and O–H groups in total. The van der Waals surface area contributed by atoms with E-state index in [0.29, 0.717) is 31.6 Å². The lowest BCUT2D eigenvalue weighted by Gasteiger charge is -2.19. The number of hydrogen-bond acceptors (Lipinski definition) is 8. The van der Waals surface area contributed by atoms with Gasteiger partial charge in [0.25, 0.3) is 0 Å². The lowest BCUT2D eigenvalue weighted by atomic mass is 10.2. The summed E-state index contributed by atoms with van der Waals surface area (Å²) < 4.78 is 17.2. The van der Waals surface area contributed by atoms with Gasteiger partial charge < -0.3 is 19.3 Å². The first-order valence-electron chi connectivity index (χ1n) is 11.7. The summed E-state index contributed by atoms with van der Waals surface area (Å²) in [5.41, 5.74) is -0.767. The monoisotopic (exact) mass is 710 g/mol. The zero-order chi connectivity index (χ0) is 28.5. The molecule has 0 aliphatic carbocycles. The van der Waals surface area contributed by atoms with Gasteiger partial charge in [0.1, 0.15) is 31.9 Å². The Morgan fingerprint density at radius 1 is 0.811 bits per heavy atom. The highest BCUT2D eigenvalue weighted by Gasteiger charge is 2.16. The maximum Gasteiger partial charge on any atom is 0.306 e. The van der Waals surface area contributed by atoms with E-state index >= 15 is 0 Å². The molecule has 208 valence electrons. The Hall–Kier alpha value is -1.72. The van der Waals surface area contributed by atoms with Gasteiger partial charge in [0.15, 0.2) is 0 Å². The highest BCUT2D eigenvalue weighted by atomic mass is 79.9. The van der Waals surface area contributed by atoms with Crippen LogP contribution in [0, 0.1) is 0 Å². The molecule has 0 saturated carbocycles. The van der Waals surface area contributed by atoms with Crippen molar-refractivity contribution in [3.8, 4) is 11.5 Å². The predicted octanol–water partition coefficient (Wildman–Crippen LogP) is 7.40. The normalized spacial score (nSPS) is 10.7. The number of hydrogen-bond donors (Lipinski definition) is 1. The topological polar surface area (TPSA) is 108 Å². The number of aromatic hydroxyl groups is 1. The number of ether oxygens (including phenoxy) is 3. The van der Waals surface area contributed by atoms with E-state index in [4.69, 9.17) is 19.3 Å². The smallest absolute Gasteiger partial charge is 0.306 e. The van der Waals surface area contributed by atoms with Crippen molar-refractivity contribution < 1.29 is 28.9 Å². The molecule has 0 aliphatic heterocycles. The van der Waals surface area contributed by atoms with Crippen molar-refractivity contribution in [3.05, 3.63) is 45.9 Å². The fraction of sp³-hybridized carbons (Fsp3) is 0.538. The minimum atomic E-state index is -0.423. The fourth-order valence-electron chi connectivity index (χ4n) is 2.22. The molecule has 0 fully saturated rings. The average molecular weight is 713 g/mol. The van der Waals surface area contributed by atoms with Crippen LogP contribution in [0.4, 0.5) is 0 Å². The summed E-state index contributed by atoms with van der Waals surface area (Å²) in [4.78, 5) is 30.2. The largest absolute Gasteiger partial charge is 0.506 e. The average Bonchev–Trinajstić information content (AvgIpc) is 2.77. The summed E-state index contributed by atoms with van der Waals surface area (Å²) in [5.74, 6) is 0.576. The van der Waals surface area contributed by atoms with Gasteiger partial charge in [-0.15, -0.1) is 0 Å². The summed E-state index contributed by atoms with van der Waals surface area (Å²) in [6, 6.07) is 6.88. The zero-order valence-electron chi connectivity index (χ0n) is 22.2. The third-order valence-electron chi connectivity index (χ3n) is 3.56. The minimum Gasteiger partial charge on any atom is -0.506 e. The molecule has 2 aromatic heterocycles. The third kappa shape index (κ3) is 23.2. The maximum atomic E-state index is 11.4. The molecule has 2 heterocycles. The van der Waals surface area contributed by atoms with E-state index in [9.17, 15) is 9.59 Å². The molecule has 2 rings (SSSR count). The van der Waals surface area contributed by atoms with Gasteiger partial charge >= 0.3 is 11.9 Å². The van der Waals surface area contributed by atoms with Crippen molar-refractivity contribution in [3.63, 3.8) is 0 Å². The second-order valence-electron chi connectivity index (χ2n) is 9.57. The van der Waals surface area contributed by atoms with Crippen LogP contribution in [0.2, 0.25) is 0 Å². The lowest BCUT2D eigenvalue weighted by molar-refractivity contribution is -0.156. The SMILES string of the molecule is CC(C)(C)OC(=O)CCCBr.CC(C)(C)OC(=O)CCCOc1ccc(Br)nc1.Oc1ccc(Br)nc1. The number of carbonyl (C=O) groups excluding carboxylic acids is 2. The van der Waals surface area contributed by atoms with Gasteiger partial charge in [-0.1, -0.05) is 15.9 Å². The van der Waals surface area contributed by atoms with Crippen LogP contribution >= 0.6 is 47.8 Å². The highest BCUT2D eigenvalue weighted by Crippen LogP contribution is 2.14. The first kappa shape index (κ1) is 35.3. The number of esters is 2. The molecule has 0 unspecified atom stereocenters. The van der Waals surface area contributed by atoms with Gasteiger partial charge in [0, 0.05) is 18.2 Å². The quantitative estimate of drug-likeness (QED) is 0.131. The molecule has 8 nitrogen and oxygen atoms in total. The van der Waals surface area contributed by atoms with Crippen molar-refractivity contribution >= 4 is 59.7 Å². The fourth-order valence-corrected chi connectivity index (χ4v) is 2.97. The summed E-state index contributed by atoms with van der Waals surface area (Å²) >= 11 is 9.62. The van der Waals surface area contributed by atoms with Crippen LogP contribution in [0.15, 0.2) is 45.9 Å². The predicted molar refractivity (Wildman–Crippen MR) is 155 cm³/mol. The number of pyridine rings is 2. The van der Waals surface area contributed by atoms with E-state index < -0.39 is 5.60 Å². The molecule has 0 aliphatic rings. The summed E-state index contributed by atoms with van der Waals surface area (Å²) in [7, 11) is 0. The van der Waals surface area contributed by atoms with E-state index in [1.165, 1.54) is 6.20 Å². The van der Waals surface area contributed by atoms with E-state index in [0.717, 1.165) is 21.0 Å². The number of alkyl halides is 1. The number of halogens is 3. The Bertz CT molecular complexity index is 891. The van der Waals surface area contributed by atoms with Crippen LogP contribution < -0.4 is 4.74 Å². The van der Waals surface area contributed by atoms with Crippen LogP contribution in [-0.2, 0) is 19.1 Å². The summed E-state index contributed by atoms with van der Waals surface area (Å²) in [5, 5.41) is 9.53. The standard InChI is InChI=1S/C13H18BrNO3.C8H15BrO2.C5H4BrNO/c1-13(2,3)18-12(16)5-4-8-17-10-6-7-11(14)15-9-10;1-8(2,3)11-7(10)5-4-6-9;6-5-2-1-4(8)3-7-5/h6-7,9H,4-5,8H2,1-3H3;4-6H2,1-3H3;1-3,8H. The van der Waals surface area contributed by atoms with E-state index in [-0.39, 0.29) is 23.3 Å². The molecule has 0 bridgehead atoms. The molecule has 0 spiro atoms. The molecule has 37 heavy (non-hydrogen) atoms. The Morgan fingerprint density at radius 3 is 1.68 bits per heavy atom. The van der Waals surface area contributed by atoms with Crippen molar-refractivity contribution in [2.45, 2.75) is 78.4 Å².